The lowest BCUT2D eigenvalue weighted by Gasteiger charge is -2.47. The molecule has 3 aliphatic rings. The van der Waals surface area contributed by atoms with Gasteiger partial charge in [0.2, 0.25) is 0 Å². The smallest absolute Gasteiger partial charge is 0.405 e. The molecular weight excluding hydrogens is 422 g/mol. The fourth-order valence-corrected chi connectivity index (χ4v) is 5.43. The third kappa shape index (κ3) is 6.29. The number of carbonyl (C=O) groups is 2. The van der Waals surface area contributed by atoms with E-state index in [0.717, 1.165) is 58.5 Å². The van der Waals surface area contributed by atoms with Gasteiger partial charge < -0.3 is 29.9 Å². The number of nitrogens with one attached hydrogen (secondary N) is 1. The molecule has 1 aromatic carbocycles. The van der Waals surface area contributed by atoms with Crippen LogP contribution in [0.25, 0.3) is 0 Å². The SMILES string of the molecule is N#Cc1ccc(OCC(CN2CC3CC(C2)CN(C(=O)N2CCCCC2)C3)NC(=O)O)cc1. The van der Waals surface area contributed by atoms with E-state index in [9.17, 15) is 14.7 Å². The van der Waals surface area contributed by atoms with Crippen molar-refractivity contribution >= 4 is 12.1 Å². The number of benzene rings is 1. The van der Waals surface area contributed by atoms with Crippen LogP contribution in [0.5, 0.6) is 5.75 Å². The van der Waals surface area contributed by atoms with Gasteiger partial charge in [-0.15, -0.1) is 0 Å². The minimum Gasteiger partial charge on any atom is -0.491 e. The van der Waals surface area contributed by atoms with E-state index in [1.807, 2.05) is 9.80 Å². The molecule has 9 nitrogen and oxygen atoms in total. The van der Waals surface area contributed by atoms with Crippen LogP contribution in [0.3, 0.4) is 0 Å². The molecule has 0 aliphatic carbocycles. The summed E-state index contributed by atoms with van der Waals surface area (Å²) in [7, 11) is 0. The zero-order chi connectivity index (χ0) is 23.2. The number of carbonyl (C=O) groups excluding carboxylic acids is 1. The first-order chi connectivity index (χ1) is 16.0. The number of urea groups is 1. The molecule has 178 valence electrons. The van der Waals surface area contributed by atoms with Crippen LogP contribution in [0.4, 0.5) is 9.59 Å². The number of carboxylic acid groups (broad SMARTS) is 1. The highest BCUT2D eigenvalue weighted by Gasteiger charge is 2.38. The molecule has 1 aromatic rings. The Labute approximate surface area is 194 Å². The molecule has 33 heavy (non-hydrogen) atoms. The molecular formula is C24H33N5O4. The molecule has 4 rings (SSSR count). The predicted molar refractivity (Wildman–Crippen MR) is 122 cm³/mol. The van der Waals surface area contributed by atoms with Gasteiger partial charge in [0.1, 0.15) is 12.4 Å². The van der Waals surface area contributed by atoms with Crippen molar-refractivity contribution in [1.29, 1.82) is 5.26 Å². The van der Waals surface area contributed by atoms with Crippen molar-refractivity contribution in [2.75, 3.05) is 52.4 Å². The number of rotatable bonds is 6. The van der Waals surface area contributed by atoms with Gasteiger partial charge in [-0.25, -0.2) is 9.59 Å². The molecule has 2 N–H and O–H groups in total. The number of nitriles is 1. The Morgan fingerprint density at radius 3 is 2.33 bits per heavy atom. The van der Waals surface area contributed by atoms with Crippen molar-refractivity contribution in [3.05, 3.63) is 29.8 Å². The lowest BCUT2D eigenvalue weighted by Crippen LogP contribution is -2.58. The summed E-state index contributed by atoms with van der Waals surface area (Å²) < 4.78 is 5.80. The highest BCUT2D eigenvalue weighted by Crippen LogP contribution is 2.29. The van der Waals surface area contributed by atoms with Crippen LogP contribution in [-0.2, 0) is 0 Å². The monoisotopic (exact) mass is 455 g/mol. The average molecular weight is 456 g/mol. The van der Waals surface area contributed by atoms with Crippen molar-refractivity contribution in [2.24, 2.45) is 11.8 Å². The van der Waals surface area contributed by atoms with Gasteiger partial charge in [-0.05, 0) is 61.8 Å². The third-order valence-electron chi connectivity index (χ3n) is 6.79. The summed E-state index contributed by atoms with van der Waals surface area (Å²) in [4.78, 5) is 30.7. The van der Waals surface area contributed by atoms with Gasteiger partial charge in [-0.1, -0.05) is 0 Å². The summed E-state index contributed by atoms with van der Waals surface area (Å²) in [5.41, 5.74) is 0.551. The van der Waals surface area contributed by atoms with Crippen LogP contribution in [0, 0.1) is 23.2 Å². The topological polar surface area (TPSA) is 109 Å². The lowest BCUT2D eigenvalue weighted by molar-refractivity contribution is 0.0297. The average Bonchev–Trinajstić information content (AvgIpc) is 2.82. The van der Waals surface area contributed by atoms with Crippen LogP contribution >= 0.6 is 0 Å². The van der Waals surface area contributed by atoms with Crippen LogP contribution in [0.1, 0.15) is 31.2 Å². The number of ether oxygens (including phenoxy) is 1. The summed E-state index contributed by atoms with van der Waals surface area (Å²) in [6, 6.07) is 8.68. The van der Waals surface area contributed by atoms with E-state index in [0.29, 0.717) is 29.7 Å². The minimum atomic E-state index is -1.07. The second-order valence-corrected chi connectivity index (χ2v) is 9.52. The molecule has 3 aliphatic heterocycles. The van der Waals surface area contributed by atoms with E-state index < -0.39 is 6.09 Å². The zero-order valence-electron chi connectivity index (χ0n) is 19.0. The summed E-state index contributed by atoms with van der Waals surface area (Å²) in [5.74, 6) is 1.43. The minimum absolute atomic E-state index is 0.194. The number of piperidine rings is 3. The maximum absolute atomic E-state index is 13.0. The number of amides is 3. The Bertz CT molecular complexity index is 851. The summed E-state index contributed by atoms with van der Waals surface area (Å²) in [5, 5.41) is 20.8. The highest BCUT2D eigenvalue weighted by atomic mass is 16.5. The quantitative estimate of drug-likeness (QED) is 0.682. The standard InChI is InChI=1S/C24H33N5O4/c25-11-18-4-6-22(7-5-18)33-17-21(26-23(30)31)16-27-12-19-10-20(13-27)15-29(14-19)24(32)28-8-2-1-3-9-28/h4-7,19-21,26H,1-3,8-10,12-17H2,(H,30,31). The molecule has 9 heteroatoms. The zero-order valence-corrected chi connectivity index (χ0v) is 19.0. The van der Waals surface area contributed by atoms with Gasteiger partial charge in [0, 0.05) is 45.8 Å². The summed E-state index contributed by atoms with van der Waals surface area (Å²) in [6.07, 6.45) is 3.47. The van der Waals surface area contributed by atoms with Crippen molar-refractivity contribution in [3.8, 4) is 11.8 Å². The highest BCUT2D eigenvalue weighted by molar-refractivity contribution is 5.74. The third-order valence-corrected chi connectivity index (χ3v) is 6.79. The Hall–Kier alpha value is -2.99. The fourth-order valence-electron chi connectivity index (χ4n) is 5.43. The molecule has 2 bridgehead atoms. The Balaban J connectivity index is 1.30. The van der Waals surface area contributed by atoms with E-state index in [-0.39, 0.29) is 18.7 Å². The number of hydrogen-bond donors (Lipinski definition) is 2. The summed E-state index contributed by atoms with van der Waals surface area (Å²) >= 11 is 0. The first-order valence-corrected chi connectivity index (χ1v) is 11.9. The predicted octanol–water partition coefficient (Wildman–Crippen LogP) is 2.43. The van der Waals surface area contributed by atoms with Crippen molar-refractivity contribution in [1.82, 2.24) is 20.0 Å². The fraction of sp³-hybridized carbons (Fsp3) is 0.625. The number of nitrogens with zero attached hydrogens (tertiary/aromatic N) is 4. The number of hydrogen-bond acceptors (Lipinski definition) is 5. The maximum atomic E-state index is 13.0. The van der Waals surface area contributed by atoms with Gasteiger partial charge in [0.25, 0.3) is 0 Å². The molecule has 3 saturated heterocycles. The normalized spacial score (nSPS) is 24.0. The second kappa shape index (κ2) is 10.8. The molecule has 3 amide bonds. The maximum Gasteiger partial charge on any atom is 0.405 e. The molecule has 0 aromatic heterocycles. The van der Waals surface area contributed by atoms with Crippen LogP contribution in [-0.4, -0.2) is 90.4 Å². The van der Waals surface area contributed by atoms with Crippen molar-refractivity contribution < 1.29 is 19.4 Å². The molecule has 3 fully saturated rings. The van der Waals surface area contributed by atoms with E-state index in [1.165, 1.54) is 6.42 Å². The molecule has 0 radical (unpaired) electrons. The number of likely N-dealkylation sites (tertiary alicyclic amines) is 3. The molecule has 0 saturated carbocycles. The van der Waals surface area contributed by atoms with Gasteiger partial charge >= 0.3 is 12.1 Å². The molecule has 3 unspecified atom stereocenters. The summed E-state index contributed by atoms with van der Waals surface area (Å²) in [6.45, 7) is 5.79. The van der Waals surface area contributed by atoms with Gasteiger partial charge in [0.15, 0.2) is 0 Å². The Morgan fingerprint density at radius 2 is 1.73 bits per heavy atom. The molecule has 0 spiro atoms. The second-order valence-electron chi connectivity index (χ2n) is 9.52. The Morgan fingerprint density at radius 1 is 1.06 bits per heavy atom. The van der Waals surface area contributed by atoms with Crippen molar-refractivity contribution in [3.63, 3.8) is 0 Å². The van der Waals surface area contributed by atoms with E-state index in [4.69, 9.17) is 10.00 Å². The van der Waals surface area contributed by atoms with Crippen LogP contribution in [0.2, 0.25) is 0 Å². The van der Waals surface area contributed by atoms with E-state index in [1.54, 1.807) is 24.3 Å². The van der Waals surface area contributed by atoms with E-state index >= 15 is 0 Å². The van der Waals surface area contributed by atoms with E-state index in [2.05, 4.69) is 16.3 Å². The van der Waals surface area contributed by atoms with Crippen molar-refractivity contribution in [2.45, 2.75) is 31.7 Å². The molecule has 3 heterocycles. The van der Waals surface area contributed by atoms with Crippen LogP contribution < -0.4 is 10.1 Å². The van der Waals surface area contributed by atoms with Crippen LogP contribution in [0.15, 0.2) is 24.3 Å². The first kappa shape index (κ1) is 23.2. The van der Waals surface area contributed by atoms with Gasteiger partial charge in [0.05, 0.1) is 17.7 Å². The first-order valence-electron chi connectivity index (χ1n) is 11.9. The molecule has 3 atom stereocenters. The number of fused-ring (bicyclic) bond motifs is 2. The Kier molecular flexibility index (Phi) is 7.55. The van der Waals surface area contributed by atoms with Gasteiger partial charge in [-0.2, -0.15) is 5.26 Å². The lowest BCUT2D eigenvalue weighted by atomic mass is 9.84. The van der Waals surface area contributed by atoms with Gasteiger partial charge in [-0.3, -0.25) is 0 Å². The largest absolute Gasteiger partial charge is 0.491 e.